The molecule has 1 aliphatic rings. The molecule has 7 nitrogen and oxygen atoms in total. The summed E-state index contributed by atoms with van der Waals surface area (Å²) in [5.74, 6) is 0.119. The zero-order valence-corrected chi connectivity index (χ0v) is 11.5. The third-order valence-electron chi connectivity index (χ3n) is 3.49. The van der Waals surface area contributed by atoms with Crippen LogP contribution in [0, 0.1) is 16.0 Å². The van der Waals surface area contributed by atoms with Gasteiger partial charge in [-0.25, -0.2) is 0 Å². The van der Waals surface area contributed by atoms with E-state index < -0.39 is 4.92 Å². The summed E-state index contributed by atoms with van der Waals surface area (Å²) < 4.78 is 10.2. The van der Waals surface area contributed by atoms with Gasteiger partial charge in [0.2, 0.25) is 0 Å². The highest BCUT2D eigenvalue weighted by Crippen LogP contribution is 2.15. The molecule has 20 heavy (non-hydrogen) atoms. The fraction of sp³-hybridized carbons (Fsp3) is 0.615. The van der Waals surface area contributed by atoms with Crippen LogP contribution in [0.25, 0.3) is 0 Å². The second kappa shape index (κ2) is 6.51. The fourth-order valence-electron chi connectivity index (χ4n) is 2.58. The second-order valence-corrected chi connectivity index (χ2v) is 4.97. The first-order valence-electron chi connectivity index (χ1n) is 6.83. The molecule has 1 aromatic heterocycles. The third-order valence-corrected chi connectivity index (χ3v) is 3.49. The Balaban J connectivity index is 1.92. The molecule has 0 saturated carbocycles. The summed E-state index contributed by atoms with van der Waals surface area (Å²) >= 11 is 0. The van der Waals surface area contributed by atoms with Crippen molar-refractivity contribution in [3.8, 4) is 0 Å². The van der Waals surface area contributed by atoms with E-state index in [-0.39, 0.29) is 17.8 Å². The Morgan fingerprint density at radius 3 is 3.05 bits per heavy atom. The summed E-state index contributed by atoms with van der Waals surface area (Å²) in [5.41, 5.74) is 0. The highest BCUT2D eigenvalue weighted by atomic mass is 16.6. The number of esters is 1. The largest absolute Gasteiger partial charge is 0.466 e. The van der Waals surface area contributed by atoms with Crippen LogP contribution in [0.1, 0.15) is 25.5 Å². The molecule has 2 heterocycles. The maximum Gasteiger partial charge on any atom is 0.433 e. The summed E-state index contributed by atoms with van der Waals surface area (Å²) in [6.45, 7) is 4.38. The molecule has 2 atom stereocenters. The first-order valence-corrected chi connectivity index (χ1v) is 6.83. The SMILES string of the molecule is CCOC(=O)[C@@H]1CCC[NH+](Cc2ccc([N+](=O)[O-])o2)C1. The molecule has 0 amide bonds. The van der Waals surface area contributed by atoms with Gasteiger partial charge >= 0.3 is 11.9 Å². The number of nitrogens with one attached hydrogen (secondary N) is 1. The van der Waals surface area contributed by atoms with Crippen LogP contribution < -0.4 is 4.90 Å². The number of quaternary nitrogens is 1. The van der Waals surface area contributed by atoms with Crippen LogP contribution in [0.3, 0.4) is 0 Å². The van der Waals surface area contributed by atoms with Gasteiger partial charge in [0.1, 0.15) is 17.4 Å². The standard InChI is InChI=1S/C13H18N2O5/c1-2-19-13(16)10-4-3-7-14(8-10)9-11-5-6-12(20-11)15(17)18/h5-6,10H,2-4,7-9H2,1H3/p+1/t10-/m1/s1. The van der Waals surface area contributed by atoms with Gasteiger partial charge in [-0.15, -0.1) is 0 Å². The van der Waals surface area contributed by atoms with Crippen molar-refractivity contribution in [2.45, 2.75) is 26.3 Å². The quantitative estimate of drug-likeness (QED) is 0.484. The molecule has 7 heteroatoms. The molecular formula is C13H19N2O5+. The molecule has 1 aromatic rings. The Labute approximate surface area is 116 Å². The summed E-state index contributed by atoms with van der Waals surface area (Å²) in [6, 6.07) is 2.99. The van der Waals surface area contributed by atoms with Gasteiger partial charge in [-0.2, -0.15) is 0 Å². The third kappa shape index (κ3) is 3.57. The summed E-state index contributed by atoms with van der Waals surface area (Å²) in [6.07, 6.45) is 1.79. The molecule has 110 valence electrons. The minimum absolute atomic E-state index is 0.0800. The lowest BCUT2D eigenvalue weighted by molar-refractivity contribution is -0.922. The maximum absolute atomic E-state index is 11.7. The Hall–Kier alpha value is -1.89. The van der Waals surface area contributed by atoms with Gasteiger partial charge in [-0.05, 0) is 25.8 Å². The van der Waals surface area contributed by atoms with Crippen molar-refractivity contribution in [2.75, 3.05) is 19.7 Å². The van der Waals surface area contributed by atoms with Crippen LogP contribution in [0.5, 0.6) is 0 Å². The van der Waals surface area contributed by atoms with Crippen molar-refractivity contribution < 1.29 is 23.8 Å². The Kier molecular flexibility index (Phi) is 4.73. The molecule has 0 aromatic carbocycles. The molecule has 1 unspecified atom stereocenters. The van der Waals surface area contributed by atoms with Gasteiger partial charge in [-0.1, -0.05) is 0 Å². The van der Waals surface area contributed by atoms with Gasteiger partial charge in [0.25, 0.3) is 0 Å². The molecule has 0 radical (unpaired) electrons. The van der Waals surface area contributed by atoms with Gasteiger partial charge < -0.3 is 14.1 Å². The van der Waals surface area contributed by atoms with Crippen LogP contribution in [0.15, 0.2) is 16.5 Å². The normalized spacial score (nSPS) is 22.4. The molecule has 0 spiro atoms. The van der Waals surface area contributed by atoms with Gasteiger partial charge in [0, 0.05) is 0 Å². The van der Waals surface area contributed by atoms with Gasteiger partial charge in [0.05, 0.1) is 25.8 Å². The maximum atomic E-state index is 11.7. The van der Waals surface area contributed by atoms with E-state index in [1.54, 1.807) is 13.0 Å². The summed E-state index contributed by atoms with van der Waals surface area (Å²) in [5, 5.41) is 10.6. The van der Waals surface area contributed by atoms with Crippen LogP contribution in [-0.4, -0.2) is 30.6 Å². The number of piperidine rings is 1. The first-order chi connectivity index (χ1) is 9.60. The lowest BCUT2D eigenvalue weighted by Crippen LogP contribution is -3.12. The molecule has 0 bridgehead atoms. The van der Waals surface area contributed by atoms with E-state index in [4.69, 9.17) is 9.15 Å². The first kappa shape index (κ1) is 14.5. The van der Waals surface area contributed by atoms with Crippen molar-refractivity contribution in [1.82, 2.24) is 0 Å². The Morgan fingerprint density at radius 2 is 2.40 bits per heavy atom. The number of likely N-dealkylation sites (tertiary alicyclic amines) is 1. The highest BCUT2D eigenvalue weighted by Gasteiger charge is 2.30. The monoisotopic (exact) mass is 283 g/mol. The number of hydrogen-bond acceptors (Lipinski definition) is 5. The number of nitro groups is 1. The lowest BCUT2D eigenvalue weighted by Gasteiger charge is -2.27. The lowest BCUT2D eigenvalue weighted by atomic mass is 9.98. The van der Waals surface area contributed by atoms with E-state index in [1.165, 1.54) is 11.0 Å². The zero-order valence-electron chi connectivity index (χ0n) is 11.5. The van der Waals surface area contributed by atoms with Crippen LogP contribution in [0.2, 0.25) is 0 Å². The highest BCUT2D eigenvalue weighted by molar-refractivity contribution is 5.72. The fourth-order valence-corrected chi connectivity index (χ4v) is 2.58. The molecule has 1 aliphatic heterocycles. The van der Waals surface area contributed by atoms with E-state index in [0.29, 0.717) is 25.5 Å². The van der Waals surface area contributed by atoms with E-state index in [9.17, 15) is 14.9 Å². The smallest absolute Gasteiger partial charge is 0.433 e. The van der Waals surface area contributed by atoms with Crippen molar-refractivity contribution in [1.29, 1.82) is 0 Å². The molecule has 2 rings (SSSR count). The van der Waals surface area contributed by atoms with Crippen molar-refractivity contribution >= 4 is 11.9 Å². The number of carbonyl (C=O) groups is 1. The average Bonchev–Trinajstić information content (AvgIpc) is 2.88. The molecule has 0 aliphatic carbocycles. The second-order valence-electron chi connectivity index (χ2n) is 4.97. The summed E-state index contributed by atoms with van der Waals surface area (Å²) in [7, 11) is 0. The predicted molar refractivity (Wildman–Crippen MR) is 69.1 cm³/mol. The van der Waals surface area contributed by atoms with Crippen molar-refractivity contribution in [3.05, 3.63) is 28.0 Å². The Bertz CT molecular complexity index is 485. The minimum Gasteiger partial charge on any atom is -0.466 e. The van der Waals surface area contributed by atoms with E-state index in [0.717, 1.165) is 19.4 Å². The topological polar surface area (TPSA) is 87.0 Å². The zero-order chi connectivity index (χ0) is 14.5. The predicted octanol–water partition coefficient (Wildman–Crippen LogP) is 0.546. The van der Waals surface area contributed by atoms with Crippen molar-refractivity contribution in [3.63, 3.8) is 0 Å². The molecule has 1 fully saturated rings. The summed E-state index contributed by atoms with van der Waals surface area (Å²) in [4.78, 5) is 23.0. The number of ether oxygens (including phenoxy) is 1. The van der Waals surface area contributed by atoms with Crippen LogP contribution in [-0.2, 0) is 16.1 Å². The molecular weight excluding hydrogens is 264 g/mol. The van der Waals surface area contributed by atoms with Gasteiger partial charge in [-0.3, -0.25) is 14.9 Å². The average molecular weight is 283 g/mol. The molecule has 1 N–H and O–H groups in total. The number of carbonyl (C=O) groups excluding carboxylic acids is 1. The Morgan fingerprint density at radius 1 is 1.60 bits per heavy atom. The van der Waals surface area contributed by atoms with Gasteiger partial charge in [0.15, 0.2) is 5.76 Å². The van der Waals surface area contributed by atoms with E-state index >= 15 is 0 Å². The number of nitrogens with zero attached hydrogens (tertiary/aromatic N) is 1. The number of furan rings is 1. The number of rotatable bonds is 5. The van der Waals surface area contributed by atoms with Crippen molar-refractivity contribution in [2.24, 2.45) is 5.92 Å². The van der Waals surface area contributed by atoms with Crippen LogP contribution in [0.4, 0.5) is 5.88 Å². The van der Waals surface area contributed by atoms with Crippen LogP contribution >= 0.6 is 0 Å². The number of hydrogen-bond donors (Lipinski definition) is 1. The van der Waals surface area contributed by atoms with E-state index in [2.05, 4.69) is 0 Å². The molecule has 1 saturated heterocycles. The van der Waals surface area contributed by atoms with E-state index in [1.807, 2.05) is 0 Å². The minimum atomic E-state index is -0.545.